The van der Waals surface area contributed by atoms with Crippen molar-refractivity contribution >= 4 is 11.4 Å². The molecule has 0 aromatic heterocycles. The topological polar surface area (TPSA) is 52.0 Å². The summed E-state index contributed by atoms with van der Waals surface area (Å²) in [6, 6.07) is 31.1. The molecule has 198 valence electrons. The second-order valence-electron chi connectivity index (χ2n) is 11.3. The first-order valence-electron chi connectivity index (χ1n) is 14.2. The highest BCUT2D eigenvalue weighted by molar-refractivity contribution is 5.48. The molecule has 0 unspecified atom stereocenters. The summed E-state index contributed by atoms with van der Waals surface area (Å²) in [5.41, 5.74) is 24.2. The molecular weight excluding hydrogens is 460 g/mol. The lowest BCUT2D eigenvalue weighted by atomic mass is 9.72. The quantitative estimate of drug-likeness (QED) is 0.158. The smallest absolute Gasteiger partial charge is 0.0316 e. The number of nitrogens with two attached hydrogens (primary N) is 2. The van der Waals surface area contributed by atoms with Gasteiger partial charge < -0.3 is 11.5 Å². The molecule has 2 nitrogen and oxygen atoms in total. The lowest BCUT2D eigenvalue weighted by molar-refractivity contribution is 0.477. The lowest BCUT2D eigenvalue weighted by Gasteiger charge is -2.32. The van der Waals surface area contributed by atoms with E-state index >= 15 is 0 Å². The second kappa shape index (κ2) is 12.3. The average molecular weight is 505 g/mol. The Hall–Kier alpha value is -3.52. The minimum atomic E-state index is -0.0149. The Morgan fingerprint density at radius 1 is 0.579 bits per heavy atom. The van der Waals surface area contributed by atoms with Gasteiger partial charge in [0.1, 0.15) is 0 Å². The van der Waals surface area contributed by atoms with Crippen molar-refractivity contribution in [3.05, 3.63) is 129 Å². The monoisotopic (exact) mass is 504 g/mol. The number of unbranched alkanes of at least 4 members (excludes halogenated alkanes) is 3. The molecule has 0 aliphatic carbocycles. The first kappa shape index (κ1) is 27.5. The second-order valence-corrected chi connectivity index (χ2v) is 11.3. The highest BCUT2D eigenvalue weighted by Gasteiger charge is 2.28. The van der Waals surface area contributed by atoms with E-state index in [-0.39, 0.29) is 5.41 Å². The summed E-state index contributed by atoms with van der Waals surface area (Å²) in [4.78, 5) is 0. The molecule has 0 bridgehead atoms. The van der Waals surface area contributed by atoms with Crippen LogP contribution in [0.4, 0.5) is 11.4 Å². The van der Waals surface area contributed by atoms with Crippen molar-refractivity contribution in [1.29, 1.82) is 0 Å². The third-order valence-electron chi connectivity index (χ3n) is 8.23. The number of anilines is 2. The van der Waals surface area contributed by atoms with Crippen LogP contribution in [0.5, 0.6) is 0 Å². The van der Waals surface area contributed by atoms with Crippen molar-refractivity contribution in [3.8, 4) is 0 Å². The van der Waals surface area contributed by atoms with Gasteiger partial charge in [-0.15, -0.1) is 0 Å². The molecule has 0 saturated carbocycles. The van der Waals surface area contributed by atoms with E-state index in [1.165, 1.54) is 70.2 Å². The molecule has 0 atom stereocenters. The van der Waals surface area contributed by atoms with Gasteiger partial charge in [0, 0.05) is 16.8 Å². The Kier molecular flexibility index (Phi) is 8.94. The van der Waals surface area contributed by atoms with Gasteiger partial charge in [-0.2, -0.15) is 0 Å². The van der Waals surface area contributed by atoms with E-state index in [4.69, 9.17) is 11.5 Å². The van der Waals surface area contributed by atoms with E-state index in [0.717, 1.165) is 30.6 Å². The van der Waals surface area contributed by atoms with Crippen molar-refractivity contribution in [2.24, 2.45) is 0 Å². The lowest BCUT2D eigenvalue weighted by Crippen LogP contribution is -2.24. The van der Waals surface area contributed by atoms with Gasteiger partial charge in [0.25, 0.3) is 0 Å². The van der Waals surface area contributed by atoms with Gasteiger partial charge in [-0.3, -0.25) is 0 Å². The van der Waals surface area contributed by atoms with Crippen LogP contribution in [0.2, 0.25) is 0 Å². The number of hydrogen-bond donors (Lipinski definition) is 2. The molecule has 0 spiro atoms. The fourth-order valence-electron chi connectivity index (χ4n) is 5.62. The maximum Gasteiger partial charge on any atom is 0.0316 e. The van der Waals surface area contributed by atoms with Crippen LogP contribution in [-0.2, 0) is 18.3 Å². The molecule has 4 aromatic carbocycles. The van der Waals surface area contributed by atoms with Gasteiger partial charge in [-0.1, -0.05) is 100 Å². The predicted octanol–water partition coefficient (Wildman–Crippen LogP) is 8.93. The molecule has 0 saturated heterocycles. The molecule has 0 fully saturated rings. The minimum absolute atomic E-state index is 0.0149. The van der Waals surface area contributed by atoms with Crippen molar-refractivity contribution in [3.63, 3.8) is 0 Å². The molecule has 4 rings (SSSR count). The Morgan fingerprint density at radius 3 is 1.42 bits per heavy atom. The molecule has 4 N–H and O–H groups in total. The predicted molar refractivity (Wildman–Crippen MR) is 165 cm³/mol. The van der Waals surface area contributed by atoms with Crippen LogP contribution in [0.15, 0.2) is 84.9 Å². The zero-order valence-corrected chi connectivity index (χ0v) is 23.7. The normalized spacial score (nSPS) is 11.6. The number of nitrogen functional groups attached to an aromatic ring is 2. The molecule has 0 aliphatic heterocycles. The highest BCUT2D eigenvalue weighted by atomic mass is 14.5. The number of aryl methyl sites for hydroxylation is 2. The Labute approximate surface area is 230 Å². The van der Waals surface area contributed by atoms with Gasteiger partial charge in [0.05, 0.1) is 0 Å². The van der Waals surface area contributed by atoms with Crippen LogP contribution in [0.1, 0.15) is 90.5 Å². The summed E-state index contributed by atoms with van der Waals surface area (Å²) in [7, 11) is 0. The zero-order valence-electron chi connectivity index (χ0n) is 23.7. The summed E-state index contributed by atoms with van der Waals surface area (Å²) in [5.74, 6) is 0. The van der Waals surface area contributed by atoms with Gasteiger partial charge in [0.2, 0.25) is 0 Å². The molecular formula is C36H44N2. The first-order chi connectivity index (χ1) is 18.3. The molecule has 38 heavy (non-hydrogen) atoms. The van der Waals surface area contributed by atoms with Gasteiger partial charge in [0.15, 0.2) is 0 Å². The zero-order chi connectivity index (χ0) is 27.1. The maximum atomic E-state index is 5.96. The summed E-state index contributed by atoms with van der Waals surface area (Å²) < 4.78 is 0. The van der Waals surface area contributed by atoms with Crippen LogP contribution in [0.25, 0.3) is 0 Å². The van der Waals surface area contributed by atoms with Crippen molar-refractivity contribution in [2.75, 3.05) is 11.5 Å². The van der Waals surface area contributed by atoms with Gasteiger partial charge in [-0.05, 0) is 102 Å². The largest absolute Gasteiger partial charge is 0.399 e. The molecule has 0 radical (unpaired) electrons. The van der Waals surface area contributed by atoms with Crippen LogP contribution < -0.4 is 11.5 Å². The molecule has 4 aromatic rings. The summed E-state index contributed by atoms with van der Waals surface area (Å²) in [5, 5.41) is 0. The SMILES string of the molecule is CCCCCCC(C)(c1ccc(Cc2ccc(N)cc2C)cc1)c1ccc(Cc2ccc(N)cc2C)cc1. The Bertz CT molecular complexity index is 1240. The minimum Gasteiger partial charge on any atom is -0.399 e. The van der Waals surface area contributed by atoms with E-state index in [1.54, 1.807) is 0 Å². The summed E-state index contributed by atoms with van der Waals surface area (Å²) in [6.07, 6.45) is 8.10. The molecule has 2 heteroatoms. The maximum absolute atomic E-state index is 5.96. The van der Waals surface area contributed by atoms with Crippen molar-refractivity contribution < 1.29 is 0 Å². The van der Waals surface area contributed by atoms with E-state index in [9.17, 15) is 0 Å². The van der Waals surface area contributed by atoms with Crippen LogP contribution in [-0.4, -0.2) is 0 Å². The third-order valence-corrected chi connectivity index (χ3v) is 8.23. The fourth-order valence-corrected chi connectivity index (χ4v) is 5.62. The number of hydrogen-bond acceptors (Lipinski definition) is 2. The molecule has 0 amide bonds. The van der Waals surface area contributed by atoms with Crippen molar-refractivity contribution in [1.82, 2.24) is 0 Å². The van der Waals surface area contributed by atoms with Gasteiger partial charge in [-0.25, -0.2) is 0 Å². The van der Waals surface area contributed by atoms with Crippen LogP contribution >= 0.6 is 0 Å². The summed E-state index contributed by atoms with van der Waals surface area (Å²) >= 11 is 0. The van der Waals surface area contributed by atoms with Crippen LogP contribution in [0, 0.1) is 13.8 Å². The Morgan fingerprint density at radius 2 is 1.03 bits per heavy atom. The number of benzene rings is 4. The average Bonchev–Trinajstić information content (AvgIpc) is 2.90. The van der Waals surface area contributed by atoms with E-state index < -0.39 is 0 Å². The fraction of sp³-hybridized carbons (Fsp3) is 0.333. The van der Waals surface area contributed by atoms with E-state index in [2.05, 4.69) is 100 Å². The Balaban J connectivity index is 1.57. The molecule has 0 aliphatic rings. The highest BCUT2D eigenvalue weighted by Crippen LogP contribution is 2.38. The third kappa shape index (κ3) is 6.67. The van der Waals surface area contributed by atoms with Crippen LogP contribution in [0.3, 0.4) is 0 Å². The molecule has 0 heterocycles. The van der Waals surface area contributed by atoms with E-state index in [0.29, 0.717) is 0 Å². The summed E-state index contributed by atoms with van der Waals surface area (Å²) in [6.45, 7) is 9.00. The van der Waals surface area contributed by atoms with Gasteiger partial charge >= 0.3 is 0 Å². The number of rotatable bonds is 11. The van der Waals surface area contributed by atoms with Crippen molar-refractivity contribution in [2.45, 2.75) is 78.1 Å². The first-order valence-corrected chi connectivity index (χ1v) is 14.2. The van der Waals surface area contributed by atoms with E-state index in [1.807, 2.05) is 12.1 Å². The standard InChI is InChI=1S/C36H44N2/c1-5-6-7-8-21-36(4,32-15-9-28(10-16-32)24-30-13-19-34(37)22-26(30)2)33-17-11-29(12-18-33)25-31-14-20-35(38)23-27(31)3/h9-20,22-23H,5-8,21,24-25,37-38H2,1-4H3.